The topological polar surface area (TPSA) is 98.1 Å². The summed E-state index contributed by atoms with van der Waals surface area (Å²) < 4.78 is 30.1. The summed E-state index contributed by atoms with van der Waals surface area (Å²) in [5, 5.41) is 6.89. The molecule has 1 fully saturated rings. The van der Waals surface area contributed by atoms with Crippen molar-refractivity contribution in [1.29, 1.82) is 0 Å². The van der Waals surface area contributed by atoms with E-state index in [1.54, 1.807) is 11.0 Å². The van der Waals surface area contributed by atoms with E-state index in [2.05, 4.69) is 15.2 Å². The van der Waals surface area contributed by atoms with Crippen LogP contribution in [-0.4, -0.2) is 38.1 Å². The van der Waals surface area contributed by atoms with Gasteiger partial charge in [0.05, 0.1) is 23.4 Å². The lowest BCUT2D eigenvalue weighted by molar-refractivity contribution is 0.0630. The molecule has 0 spiro atoms. The van der Waals surface area contributed by atoms with Crippen LogP contribution in [0.15, 0.2) is 16.7 Å². The third-order valence-corrected chi connectivity index (χ3v) is 4.84. The molecule has 1 aliphatic carbocycles. The number of aromatic nitrogens is 3. The fourth-order valence-corrected chi connectivity index (χ4v) is 3.54. The summed E-state index contributed by atoms with van der Waals surface area (Å²) in [7, 11) is 0. The van der Waals surface area contributed by atoms with Crippen molar-refractivity contribution < 1.29 is 18.0 Å². The van der Waals surface area contributed by atoms with Crippen molar-refractivity contribution in [2.24, 2.45) is 5.73 Å². The van der Waals surface area contributed by atoms with Gasteiger partial charge < -0.3 is 15.1 Å². The van der Waals surface area contributed by atoms with E-state index in [1.165, 1.54) is 6.20 Å². The van der Waals surface area contributed by atoms with Crippen LogP contribution in [0.2, 0.25) is 0 Å². The Bertz CT molecular complexity index is 810. The molecule has 2 N–H and O–H groups in total. The average Bonchev–Trinajstić information content (AvgIpc) is 3.21. The molecule has 1 saturated carbocycles. The van der Waals surface area contributed by atoms with Gasteiger partial charge in [-0.05, 0) is 18.9 Å². The van der Waals surface area contributed by atoms with Crippen molar-refractivity contribution in [2.75, 3.05) is 0 Å². The second kappa shape index (κ2) is 6.14. The van der Waals surface area contributed by atoms with Gasteiger partial charge in [-0.3, -0.25) is 9.78 Å². The van der Waals surface area contributed by atoms with Gasteiger partial charge in [0.25, 0.3) is 11.8 Å². The molecular formula is C16H17F2N5O2. The molecule has 1 aliphatic heterocycles. The Labute approximate surface area is 142 Å². The number of pyridine rings is 1. The Hall–Kier alpha value is -2.42. The highest BCUT2D eigenvalue weighted by Gasteiger charge is 2.37. The van der Waals surface area contributed by atoms with Gasteiger partial charge in [0.15, 0.2) is 0 Å². The van der Waals surface area contributed by atoms with Gasteiger partial charge in [-0.1, -0.05) is 12.8 Å². The molecule has 2 atom stereocenters. The van der Waals surface area contributed by atoms with Crippen LogP contribution in [0.3, 0.4) is 0 Å². The van der Waals surface area contributed by atoms with Crippen LogP contribution in [0.4, 0.5) is 8.78 Å². The maximum atomic E-state index is 12.8. The molecular weight excluding hydrogens is 332 g/mol. The predicted molar refractivity (Wildman–Crippen MR) is 82.6 cm³/mol. The van der Waals surface area contributed by atoms with E-state index in [-0.39, 0.29) is 23.9 Å². The molecule has 1 amide bonds. The average molecular weight is 349 g/mol. The van der Waals surface area contributed by atoms with Crippen LogP contribution in [0, 0.1) is 0 Å². The third kappa shape index (κ3) is 2.78. The number of nitrogens with zero attached hydrogens (tertiary/aromatic N) is 4. The molecule has 4 rings (SSSR count). The lowest BCUT2D eigenvalue weighted by Crippen LogP contribution is -2.49. The standard InChI is InChI=1S/C16H17F2N5O2/c17-13(18)15-22-21-14(25-15)8-5-9-11(20-6-8)7-23(16(9)24)12-4-2-1-3-10(12)19/h5-6,10,12-13H,1-4,7,19H2/t10-,12-/m1/s1. The summed E-state index contributed by atoms with van der Waals surface area (Å²) >= 11 is 0. The number of amides is 1. The maximum absolute atomic E-state index is 12.8. The van der Waals surface area contributed by atoms with Crippen molar-refractivity contribution in [2.45, 2.75) is 50.7 Å². The van der Waals surface area contributed by atoms with Crippen molar-refractivity contribution in [3.63, 3.8) is 0 Å². The molecule has 3 heterocycles. The van der Waals surface area contributed by atoms with Gasteiger partial charge in [-0.2, -0.15) is 8.78 Å². The molecule has 2 aliphatic rings. The van der Waals surface area contributed by atoms with Crippen molar-refractivity contribution >= 4 is 5.91 Å². The number of carbonyl (C=O) groups excluding carboxylic acids is 1. The Morgan fingerprint density at radius 2 is 2.08 bits per heavy atom. The highest BCUT2D eigenvalue weighted by atomic mass is 19.3. The lowest BCUT2D eigenvalue weighted by Gasteiger charge is -2.35. The number of hydrogen-bond acceptors (Lipinski definition) is 6. The van der Waals surface area contributed by atoms with Gasteiger partial charge >= 0.3 is 6.43 Å². The molecule has 0 aromatic carbocycles. The maximum Gasteiger partial charge on any atom is 0.314 e. The summed E-state index contributed by atoms with van der Waals surface area (Å²) in [6.45, 7) is 0.416. The minimum atomic E-state index is -2.84. The van der Waals surface area contributed by atoms with Crippen molar-refractivity contribution in [3.05, 3.63) is 29.4 Å². The predicted octanol–water partition coefficient (Wildman–Crippen LogP) is 2.29. The van der Waals surface area contributed by atoms with Gasteiger partial charge in [-0.25, -0.2) is 0 Å². The SMILES string of the molecule is N[C@@H]1CCCC[C@H]1N1Cc2ncc(-c3nnc(C(F)F)o3)cc2C1=O. The summed E-state index contributed by atoms with van der Waals surface area (Å²) in [6.07, 6.45) is 2.54. The van der Waals surface area contributed by atoms with Crippen LogP contribution in [0.1, 0.15) is 54.1 Å². The van der Waals surface area contributed by atoms with E-state index in [0.717, 1.165) is 25.7 Å². The molecule has 2 aromatic rings. The molecule has 7 nitrogen and oxygen atoms in total. The second-order valence-corrected chi connectivity index (χ2v) is 6.41. The second-order valence-electron chi connectivity index (χ2n) is 6.41. The minimum absolute atomic E-state index is 0.00717. The van der Waals surface area contributed by atoms with Crippen LogP contribution in [0.5, 0.6) is 0 Å². The highest BCUT2D eigenvalue weighted by molar-refractivity contribution is 5.98. The molecule has 25 heavy (non-hydrogen) atoms. The summed E-state index contributed by atoms with van der Waals surface area (Å²) in [6, 6.07) is 1.55. The molecule has 9 heteroatoms. The molecule has 0 saturated heterocycles. The van der Waals surface area contributed by atoms with Crippen molar-refractivity contribution in [1.82, 2.24) is 20.1 Å². The zero-order chi connectivity index (χ0) is 17.6. The molecule has 2 aromatic heterocycles. The lowest BCUT2D eigenvalue weighted by atomic mass is 9.90. The van der Waals surface area contributed by atoms with E-state index in [4.69, 9.17) is 10.2 Å². The minimum Gasteiger partial charge on any atom is -0.415 e. The van der Waals surface area contributed by atoms with E-state index < -0.39 is 12.3 Å². The fraction of sp³-hybridized carbons (Fsp3) is 0.500. The Morgan fingerprint density at radius 3 is 2.80 bits per heavy atom. The van der Waals surface area contributed by atoms with Gasteiger partial charge in [-0.15, -0.1) is 10.2 Å². The first kappa shape index (κ1) is 16.1. The quantitative estimate of drug-likeness (QED) is 0.913. The summed E-state index contributed by atoms with van der Waals surface area (Å²) in [5.74, 6) is -0.969. The zero-order valence-electron chi connectivity index (χ0n) is 13.4. The number of fused-ring (bicyclic) bond motifs is 1. The Morgan fingerprint density at radius 1 is 1.28 bits per heavy atom. The highest BCUT2D eigenvalue weighted by Crippen LogP contribution is 2.32. The summed E-state index contributed by atoms with van der Waals surface area (Å²) in [5.41, 5.74) is 7.63. The van der Waals surface area contributed by atoms with Crippen LogP contribution < -0.4 is 5.73 Å². The van der Waals surface area contributed by atoms with Gasteiger partial charge in [0.1, 0.15) is 0 Å². The number of halogens is 2. The zero-order valence-corrected chi connectivity index (χ0v) is 13.4. The third-order valence-electron chi connectivity index (χ3n) is 4.84. The first-order valence-corrected chi connectivity index (χ1v) is 8.22. The van der Waals surface area contributed by atoms with Crippen LogP contribution >= 0.6 is 0 Å². The van der Waals surface area contributed by atoms with Gasteiger partial charge in [0.2, 0.25) is 5.89 Å². The normalized spacial score (nSPS) is 23.4. The number of alkyl halides is 2. The number of nitrogens with two attached hydrogens (primary N) is 1. The number of carbonyl (C=O) groups is 1. The molecule has 0 bridgehead atoms. The molecule has 132 valence electrons. The summed E-state index contributed by atoms with van der Waals surface area (Å²) in [4.78, 5) is 18.8. The molecule has 0 radical (unpaired) electrons. The van der Waals surface area contributed by atoms with Crippen LogP contribution in [-0.2, 0) is 6.54 Å². The van der Waals surface area contributed by atoms with Crippen LogP contribution in [0.25, 0.3) is 11.5 Å². The smallest absolute Gasteiger partial charge is 0.314 e. The monoisotopic (exact) mass is 349 g/mol. The Kier molecular flexibility index (Phi) is 3.95. The van der Waals surface area contributed by atoms with Gasteiger partial charge in [0, 0.05) is 18.3 Å². The number of rotatable bonds is 3. The van der Waals surface area contributed by atoms with Crippen molar-refractivity contribution in [3.8, 4) is 11.5 Å². The first-order valence-electron chi connectivity index (χ1n) is 8.22. The fourth-order valence-electron chi connectivity index (χ4n) is 3.54. The molecule has 0 unspecified atom stereocenters. The first-order chi connectivity index (χ1) is 12.0. The van der Waals surface area contributed by atoms with E-state index in [0.29, 0.717) is 23.4 Å². The van der Waals surface area contributed by atoms with E-state index >= 15 is 0 Å². The number of hydrogen-bond donors (Lipinski definition) is 1. The van der Waals surface area contributed by atoms with E-state index in [1.807, 2.05) is 0 Å². The Balaban J connectivity index is 1.61. The van der Waals surface area contributed by atoms with E-state index in [9.17, 15) is 13.6 Å². The largest absolute Gasteiger partial charge is 0.415 e.